The monoisotopic (exact) mass is 485 g/mol. The number of anilines is 1. The quantitative estimate of drug-likeness (QED) is 0.403. The van der Waals surface area contributed by atoms with Crippen LogP contribution in [0.1, 0.15) is 14.4 Å². The van der Waals surface area contributed by atoms with E-state index in [1.54, 1.807) is 11.7 Å². The largest absolute Gasteiger partial charge is 0.383 e. The van der Waals surface area contributed by atoms with E-state index in [1.165, 1.54) is 0 Å². The molecule has 10 nitrogen and oxygen atoms in total. The van der Waals surface area contributed by atoms with Crippen molar-refractivity contribution in [2.24, 2.45) is 0 Å². The number of morpholine rings is 1. The van der Waals surface area contributed by atoms with Gasteiger partial charge in [-0.05, 0) is 6.54 Å². The predicted molar refractivity (Wildman–Crippen MR) is 140 cm³/mol. The van der Waals surface area contributed by atoms with Crippen LogP contribution in [0.3, 0.4) is 0 Å². The van der Waals surface area contributed by atoms with Crippen molar-refractivity contribution in [3.63, 3.8) is 0 Å². The Kier molecular flexibility index (Phi) is 10.2. The second kappa shape index (κ2) is 13.3. The summed E-state index contributed by atoms with van der Waals surface area (Å²) in [7, 11) is 1.70. The highest BCUT2D eigenvalue weighted by Crippen LogP contribution is 2.23. The van der Waals surface area contributed by atoms with E-state index in [9.17, 15) is 4.79 Å². The molecule has 0 atom stereocenters. The van der Waals surface area contributed by atoms with Gasteiger partial charge in [0, 0.05) is 58.5 Å². The van der Waals surface area contributed by atoms with Crippen LogP contribution >= 0.6 is 0 Å². The highest BCUT2D eigenvalue weighted by Gasteiger charge is 2.17. The van der Waals surface area contributed by atoms with Gasteiger partial charge in [-0.15, -0.1) is 0 Å². The van der Waals surface area contributed by atoms with E-state index in [4.69, 9.17) is 19.4 Å². The minimum absolute atomic E-state index is 0. The van der Waals surface area contributed by atoms with Crippen molar-refractivity contribution in [3.05, 3.63) is 40.8 Å². The molecule has 1 aliphatic heterocycles. The number of methoxy groups -OCH3 is 1. The summed E-state index contributed by atoms with van der Waals surface area (Å²) in [6.45, 7) is 10.7. The van der Waals surface area contributed by atoms with Crippen LogP contribution in [0, 0.1) is 0 Å². The van der Waals surface area contributed by atoms with E-state index in [0.29, 0.717) is 42.5 Å². The number of ether oxygens (including phenoxy) is 2. The summed E-state index contributed by atoms with van der Waals surface area (Å²) in [5.41, 5.74) is 2.01. The first-order chi connectivity index (χ1) is 16.7. The standard InChI is InChI=1S/C24H35N7O3.CH4/c1-3-29(13-16-33-2)11-12-31-23-20(26-24(31)32)22(25-9-10-30-14-17-34-18-15-30)27-21(28-23)19-7-5-4-6-8-19;/h4-8H,3,9-18H2,1-2H3,(H,26,32)(H,25,27,28);1H4. The number of H-pyrrole nitrogens is 1. The van der Waals surface area contributed by atoms with Crippen LogP contribution in [0.25, 0.3) is 22.6 Å². The van der Waals surface area contributed by atoms with Gasteiger partial charge in [-0.2, -0.15) is 0 Å². The van der Waals surface area contributed by atoms with Gasteiger partial charge in [0.05, 0.1) is 19.8 Å². The fraction of sp³-hybridized carbons (Fsp3) is 0.560. The molecule has 192 valence electrons. The number of hydrogen-bond donors (Lipinski definition) is 2. The molecule has 1 fully saturated rings. The smallest absolute Gasteiger partial charge is 0.327 e. The second-order valence-corrected chi connectivity index (χ2v) is 8.35. The molecule has 3 heterocycles. The first kappa shape index (κ1) is 26.8. The van der Waals surface area contributed by atoms with E-state index in [0.717, 1.165) is 58.0 Å². The van der Waals surface area contributed by atoms with Gasteiger partial charge < -0.3 is 19.8 Å². The Labute approximate surface area is 207 Å². The van der Waals surface area contributed by atoms with Gasteiger partial charge in [-0.3, -0.25) is 14.4 Å². The molecule has 1 aromatic carbocycles. The molecule has 0 amide bonds. The topological polar surface area (TPSA) is 101 Å². The maximum Gasteiger partial charge on any atom is 0.327 e. The SMILES string of the molecule is C.CCN(CCOC)CCn1c(=O)[nH]c2c(NCCN3CCOCC3)nc(-c3ccccc3)nc21. The van der Waals surface area contributed by atoms with E-state index in [-0.39, 0.29) is 13.1 Å². The molecule has 0 aliphatic carbocycles. The molecule has 1 saturated heterocycles. The molecule has 4 rings (SSSR count). The zero-order valence-corrected chi connectivity index (χ0v) is 20.1. The molecule has 1 aliphatic rings. The Hall–Kier alpha value is -2.79. The number of aromatic amines is 1. The summed E-state index contributed by atoms with van der Waals surface area (Å²) < 4.78 is 12.4. The first-order valence-electron chi connectivity index (χ1n) is 12.0. The van der Waals surface area contributed by atoms with Crippen molar-refractivity contribution in [1.29, 1.82) is 0 Å². The van der Waals surface area contributed by atoms with Crippen molar-refractivity contribution in [2.75, 3.05) is 78.1 Å². The fourth-order valence-corrected chi connectivity index (χ4v) is 4.13. The molecule has 0 saturated carbocycles. The highest BCUT2D eigenvalue weighted by molar-refractivity contribution is 5.85. The molecular formula is C25H39N7O3. The van der Waals surface area contributed by atoms with Gasteiger partial charge >= 0.3 is 5.69 Å². The second-order valence-electron chi connectivity index (χ2n) is 8.35. The number of rotatable bonds is 12. The predicted octanol–water partition coefficient (Wildman–Crippen LogP) is 2.14. The Morgan fingerprint density at radius 1 is 1.14 bits per heavy atom. The third-order valence-corrected chi connectivity index (χ3v) is 6.18. The van der Waals surface area contributed by atoms with Crippen molar-refractivity contribution in [1.82, 2.24) is 29.3 Å². The maximum absolute atomic E-state index is 12.9. The van der Waals surface area contributed by atoms with Crippen LogP contribution < -0.4 is 11.0 Å². The lowest BCUT2D eigenvalue weighted by atomic mass is 10.2. The van der Waals surface area contributed by atoms with E-state index in [2.05, 4.69) is 27.0 Å². The van der Waals surface area contributed by atoms with E-state index < -0.39 is 0 Å². The molecule has 2 aromatic heterocycles. The van der Waals surface area contributed by atoms with Crippen molar-refractivity contribution in [3.8, 4) is 11.4 Å². The number of nitrogens with zero attached hydrogens (tertiary/aromatic N) is 5. The highest BCUT2D eigenvalue weighted by atomic mass is 16.5. The van der Waals surface area contributed by atoms with Crippen LogP contribution in [0.2, 0.25) is 0 Å². The molecule has 35 heavy (non-hydrogen) atoms. The number of imidazole rings is 1. The lowest BCUT2D eigenvalue weighted by molar-refractivity contribution is 0.0398. The summed E-state index contributed by atoms with van der Waals surface area (Å²) in [5.74, 6) is 1.25. The van der Waals surface area contributed by atoms with Gasteiger partial charge in [-0.1, -0.05) is 44.7 Å². The first-order valence-corrected chi connectivity index (χ1v) is 12.0. The van der Waals surface area contributed by atoms with Crippen LogP contribution in [0.5, 0.6) is 0 Å². The van der Waals surface area contributed by atoms with Gasteiger partial charge in [0.2, 0.25) is 0 Å². The zero-order chi connectivity index (χ0) is 23.8. The molecule has 0 spiro atoms. The van der Waals surface area contributed by atoms with Crippen LogP contribution in [0.4, 0.5) is 5.82 Å². The molecule has 0 bridgehead atoms. The van der Waals surface area contributed by atoms with Crippen LogP contribution in [0.15, 0.2) is 35.1 Å². The van der Waals surface area contributed by atoms with Crippen LogP contribution in [-0.4, -0.2) is 102 Å². The number of likely N-dealkylation sites (N-methyl/N-ethyl adjacent to an activating group) is 1. The van der Waals surface area contributed by atoms with E-state index >= 15 is 0 Å². The summed E-state index contributed by atoms with van der Waals surface area (Å²) in [4.78, 5) is 30.1. The average molecular weight is 486 g/mol. The third-order valence-electron chi connectivity index (χ3n) is 6.18. The Balaban J connectivity index is 0.00000342. The van der Waals surface area contributed by atoms with E-state index in [1.807, 2.05) is 30.3 Å². The minimum Gasteiger partial charge on any atom is -0.383 e. The average Bonchev–Trinajstić information content (AvgIpc) is 3.20. The molecular weight excluding hydrogens is 446 g/mol. The van der Waals surface area contributed by atoms with Crippen molar-refractivity contribution < 1.29 is 9.47 Å². The lowest BCUT2D eigenvalue weighted by Gasteiger charge is -2.26. The van der Waals surface area contributed by atoms with Gasteiger partial charge in [0.1, 0.15) is 5.52 Å². The summed E-state index contributed by atoms with van der Waals surface area (Å²) in [6.07, 6.45) is 0. The maximum atomic E-state index is 12.9. The molecule has 0 unspecified atom stereocenters. The number of aromatic nitrogens is 4. The normalized spacial score (nSPS) is 14.4. The van der Waals surface area contributed by atoms with Crippen molar-refractivity contribution >= 4 is 17.0 Å². The lowest BCUT2D eigenvalue weighted by Crippen LogP contribution is -2.39. The fourth-order valence-electron chi connectivity index (χ4n) is 4.13. The van der Waals surface area contributed by atoms with Gasteiger partial charge in [-0.25, -0.2) is 14.8 Å². The Morgan fingerprint density at radius 3 is 2.63 bits per heavy atom. The zero-order valence-electron chi connectivity index (χ0n) is 20.1. The number of fused-ring (bicyclic) bond motifs is 1. The summed E-state index contributed by atoms with van der Waals surface area (Å²) in [6, 6.07) is 9.87. The Bertz CT molecular complexity index is 1090. The molecule has 0 radical (unpaired) electrons. The number of nitrogens with one attached hydrogen (secondary N) is 2. The molecule has 10 heteroatoms. The summed E-state index contributed by atoms with van der Waals surface area (Å²) >= 11 is 0. The Morgan fingerprint density at radius 2 is 1.91 bits per heavy atom. The van der Waals surface area contributed by atoms with Crippen LogP contribution in [-0.2, 0) is 16.0 Å². The van der Waals surface area contributed by atoms with Gasteiger partial charge in [0.25, 0.3) is 0 Å². The molecule has 2 N–H and O–H groups in total. The number of benzene rings is 1. The third kappa shape index (κ3) is 6.88. The van der Waals surface area contributed by atoms with Gasteiger partial charge in [0.15, 0.2) is 17.3 Å². The summed E-state index contributed by atoms with van der Waals surface area (Å²) in [5, 5.41) is 3.45. The minimum atomic E-state index is -0.173. The number of hydrogen-bond acceptors (Lipinski definition) is 8. The van der Waals surface area contributed by atoms with Crippen molar-refractivity contribution in [2.45, 2.75) is 20.9 Å². The molecule has 3 aromatic rings.